The zero-order valence-corrected chi connectivity index (χ0v) is 9.40. The molecule has 1 aromatic rings. The lowest BCUT2D eigenvalue weighted by Gasteiger charge is -2.10. The minimum atomic E-state index is -0.309. The van der Waals surface area contributed by atoms with Gasteiger partial charge in [0.15, 0.2) is 0 Å². The van der Waals surface area contributed by atoms with Gasteiger partial charge in [0, 0.05) is 6.04 Å². The lowest BCUT2D eigenvalue weighted by Crippen LogP contribution is -2.28. The normalized spacial score (nSPS) is 14.2. The maximum absolute atomic E-state index is 11.9. The van der Waals surface area contributed by atoms with Gasteiger partial charge < -0.3 is 16.4 Å². The van der Waals surface area contributed by atoms with Crippen molar-refractivity contribution < 1.29 is 9.59 Å². The van der Waals surface area contributed by atoms with Gasteiger partial charge in [0.25, 0.3) is 5.91 Å². The summed E-state index contributed by atoms with van der Waals surface area (Å²) in [6.07, 6.45) is 2.06. The van der Waals surface area contributed by atoms with Crippen LogP contribution in [-0.4, -0.2) is 24.4 Å². The zero-order valence-electron chi connectivity index (χ0n) is 9.40. The minimum absolute atomic E-state index is 0.0986. The Balaban J connectivity index is 2.13. The number of anilines is 1. The van der Waals surface area contributed by atoms with Crippen LogP contribution in [0.2, 0.25) is 0 Å². The van der Waals surface area contributed by atoms with Crippen LogP contribution in [0.1, 0.15) is 23.2 Å². The van der Waals surface area contributed by atoms with Gasteiger partial charge in [-0.05, 0) is 25.0 Å². The number of carbonyl (C=O) groups excluding carboxylic acids is 2. The summed E-state index contributed by atoms with van der Waals surface area (Å²) in [6.45, 7) is -0.0986. The Bertz CT molecular complexity index is 441. The summed E-state index contributed by atoms with van der Waals surface area (Å²) in [6, 6.07) is 7.19. The van der Waals surface area contributed by atoms with E-state index in [2.05, 4.69) is 10.6 Å². The van der Waals surface area contributed by atoms with E-state index in [0.717, 1.165) is 12.8 Å². The number of para-hydroxylation sites is 1. The predicted octanol–water partition coefficient (Wildman–Crippen LogP) is 0.476. The maximum atomic E-state index is 11.9. The van der Waals surface area contributed by atoms with Crippen molar-refractivity contribution in [2.75, 3.05) is 11.9 Å². The summed E-state index contributed by atoms with van der Waals surface area (Å²) in [4.78, 5) is 23.1. The number of amides is 2. The number of rotatable bonds is 4. The number of benzene rings is 1. The molecule has 1 aromatic carbocycles. The Morgan fingerprint density at radius 2 is 2.00 bits per heavy atom. The molecule has 0 radical (unpaired) electrons. The van der Waals surface area contributed by atoms with Gasteiger partial charge in [0.05, 0.1) is 17.8 Å². The molecular formula is C12H15N3O2. The second-order valence-electron chi connectivity index (χ2n) is 4.05. The van der Waals surface area contributed by atoms with E-state index < -0.39 is 0 Å². The van der Waals surface area contributed by atoms with Crippen LogP contribution in [-0.2, 0) is 4.79 Å². The highest BCUT2D eigenvalue weighted by atomic mass is 16.2. The van der Waals surface area contributed by atoms with Gasteiger partial charge in [-0.3, -0.25) is 9.59 Å². The molecular weight excluding hydrogens is 218 g/mol. The molecule has 0 unspecified atom stereocenters. The quantitative estimate of drug-likeness (QED) is 0.707. The first-order valence-electron chi connectivity index (χ1n) is 5.60. The van der Waals surface area contributed by atoms with Crippen molar-refractivity contribution in [1.29, 1.82) is 0 Å². The Hall–Kier alpha value is -1.88. The van der Waals surface area contributed by atoms with Crippen LogP contribution in [0.4, 0.5) is 5.69 Å². The van der Waals surface area contributed by atoms with Crippen LogP contribution >= 0.6 is 0 Å². The van der Waals surface area contributed by atoms with E-state index in [1.54, 1.807) is 24.3 Å². The van der Waals surface area contributed by atoms with Crippen molar-refractivity contribution in [2.24, 2.45) is 5.73 Å². The van der Waals surface area contributed by atoms with Gasteiger partial charge in [0.2, 0.25) is 5.91 Å². The second kappa shape index (κ2) is 4.97. The van der Waals surface area contributed by atoms with Crippen molar-refractivity contribution in [1.82, 2.24) is 5.32 Å². The van der Waals surface area contributed by atoms with Crippen LogP contribution in [0.25, 0.3) is 0 Å². The average molecular weight is 233 g/mol. The first kappa shape index (κ1) is 11.6. The standard InChI is InChI=1S/C12H15N3O2/c13-7-11(16)15-10-4-2-1-3-9(10)12(17)14-8-5-6-8/h1-4,8H,5-7,13H2,(H,14,17)(H,15,16). The predicted molar refractivity (Wildman–Crippen MR) is 64.6 cm³/mol. The van der Waals surface area contributed by atoms with E-state index >= 15 is 0 Å². The number of nitrogens with two attached hydrogens (primary N) is 1. The van der Waals surface area contributed by atoms with Crippen molar-refractivity contribution in [3.63, 3.8) is 0 Å². The van der Waals surface area contributed by atoms with Crippen molar-refractivity contribution in [2.45, 2.75) is 18.9 Å². The first-order valence-corrected chi connectivity index (χ1v) is 5.60. The fourth-order valence-electron chi connectivity index (χ4n) is 1.48. The summed E-state index contributed by atoms with van der Waals surface area (Å²) < 4.78 is 0. The Morgan fingerprint density at radius 3 is 2.65 bits per heavy atom. The molecule has 0 heterocycles. The summed E-state index contributed by atoms with van der Waals surface area (Å²) in [5, 5.41) is 5.49. The van der Waals surface area contributed by atoms with Gasteiger partial charge in [0.1, 0.15) is 0 Å². The molecule has 2 amide bonds. The van der Waals surface area contributed by atoms with Crippen LogP contribution in [0.15, 0.2) is 24.3 Å². The Kier molecular flexibility index (Phi) is 3.39. The van der Waals surface area contributed by atoms with Crippen LogP contribution in [0, 0.1) is 0 Å². The number of hydrogen-bond acceptors (Lipinski definition) is 3. The van der Waals surface area contributed by atoms with E-state index in [9.17, 15) is 9.59 Å². The third kappa shape index (κ3) is 3.04. The van der Waals surface area contributed by atoms with Crippen LogP contribution < -0.4 is 16.4 Å². The molecule has 0 aliphatic heterocycles. The summed E-state index contributed by atoms with van der Waals surface area (Å²) in [7, 11) is 0. The highest BCUT2D eigenvalue weighted by Crippen LogP contribution is 2.21. The van der Waals surface area contributed by atoms with Crippen molar-refractivity contribution in [3.05, 3.63) is 29.8 Å². The van der Waals surface area contributed by atoms with Gasteiger partial charge in [-0.2, -0.15) is 0 Å². The highest BCUT2D eigenvalue weighted by Gasteiger charge is 2.24. The molecule has 1 aliphatic rings. The number of carbonyl (C=O) groups is 2. The topological polar surface area (TPSA) is 84.2 Å². The van der Waals surface area contributed by atoms with Crippen LogP contribution in [0.3, 0.4) is 0 Å². The van der Waals surface area contributed by atoms with Gasteiger partial charge >= 0.3 is 0 Å². The molecule has 2 rings (SSSR count). The fourth-order valence-corrected chi connectivity index (χ4v) is 1.48. The molecule has 0 saturated heterocycles. The zero-order chi connectivity index (χ0) is 12.3. The largest absolute Gasteiger partial charge is 0.349 e. The van der Waals surface area contributed by atoms with Gasteiger partial charge in [-0.1, -0.05) is 12.1 Å². The third-order valence-corrected chi connectivity index (χ3v) is 2.54. The molecule has 1 fully saturated rings. The molecule has 0 spiro atoms. The monoisotopic (exact) mass is 233 g/mol. The maximum Gasteiger partial charge on any atom is 0.253 e. The SMILES string of the molecule is NCC(=O)Nc1ccccc1C(=O)NC1CC1. The van der Waals surface area contributed by atoms with Gasteiger partial charge in [-0.15, -0.1) is 0 Å². The summed E-state index contributed by atoms with van der Waals surface area (Å²) in [5.74, 6) is -0.461. The Morgan fingerprint density at radius 1 is 1.29 bits per heavy atom. The van der Waals surface area contributed by atoms with E-state index in [1.165, 1.54) is 0 Å². The molecule has 5 heteroatoms. The molecule has 5 nitrogen and oxygen atoms in total. The molecule has 4 N–H and O–H groups in total. The average Bonchev–Trinajstić information content (AvgIpc) is 3.13. The fraction of sp³-hybridized carbons (Fsp3) is 0.333. The molecule has 0 atom stereocenters. The van der Waals surface area contributed by atoms with E-state index in [4.69, 9.17) is 5.73 Å². The molecule has 1 aliphatic carbocycles. The lowest BCUT2D eigenvalue weighted by atomic mass is 10.1. The third-order valence-electron chi connectivity index (χ3n) is 2.54. The minimum Gasteiger partial charge on any atom is -0.349 e. The molecule has 0 bridgehead atoms. The van der Waals surface area contributed by atoms with Crippen LogP contribution in [0.5, 0.6) is 0 Å². The number of hydrogen-bond donors (Lipinski definition) is 3. The van der Waals surface area contributed by atoms with E-state index in [-0.39, 0.29) is 18.4 Å². The highest BCUT2D eigenvalue weighted by molar-refractivity contribution is 6.04. The van der Waals surface area contributed by atoms with E-state index in [0.29, 0.717) is 17.3 Å². The van der Waals surface area contributed by atoms with E-state index in [1.807, 2.05) is 0 Å². The second-order valence-corrected chi connectivity index (χ2v) is 4.05. The summed E-state index contributed by atoms with van der Waals surface area (Å²) >= 11 is 0. The molecule has 0 aromatic heterocycles. The van der Waals surface area contributed by atoms with Crippen molar-refractivity contribution in [3.8, 4) is 0 Å². The molecule has 90 valence electrons. The lowest BCUT2D eigenvalue weighted by molar-refractivity contribution is -0.114. The summed E-state index contributed by atoms with van der Waals surface area (Å²) in [5.41, 5.74) is 6.20. The smallest absolute Gasteiger partial charge is 0.253 e. The number of nitrogens with one attached hydrogen (secondary N) is 2. The molecule has 17 heavy (non-hydrogen) atoms. The molecule has 1 saturated carbocycles. The first-order chi connectivity index (χ1) is 8.20. The van der Waals surface area contributed by atoms with Gasteiger partial charge in [-0.25, -0.2) is 0 Å². The Labute approximate surface area is 99.4 Å². The van der Waals surface area contributed by atoms with Crippen molar-refractivity contribution >= 4 is 17.5 Å².